The van der Waals surface area contributed by atoms with Crippen LogP contribution in [0.3, 0.4) is 0 Å². The van der Waals surface area contributed by atoms with Crippen LogP contribution in [0.4, 0.5) is 0 Å². The number of nitrogens with zero attached hydrogens (tertiary/aromatic N) is 2. The van der Waals surface area contributed by atoms with Crippen LogP contribution in [0.5, 0.6) is 0 Å². The molecule has 10 heteroatoms. The van der Waals surface area contributed by atoms with Gasteiger partial charge in [0, 0.05) is 16.6 Å². The van der Waals surface area contributed by atoms with Gasteiger partial charge in [0.15, 0.2) is 5.16 Å². The van der Waals surface area contributed by atoms with Crippen molar-refractivity contribution < 1.29 is 13.6 Å². The van der Waals surface area contributed by atoms with Crippen LogP contribution < -0.4 is 10.9 Å². The SMILES string of the molecule is O=C(CSc1nc(-c2cc3ccccc3oc2=O)cn1-c1ccc(Cl)cc1Cl)NCc1ccco1. The van der Waals surface area contributed by atoms with E-state index in [2.05, 4.69) is 10.3 Å². The molecule has 0 saturated heterocycles. The molecule has 7 nitrogen and oxygen atoms in total. The number of hydrogen-bond acceptors (Lipinski definition) is 6. The lowest BCUT2D eigenvalue weighted by molar-refractivity contribution is -0.118. The number of rotatable bonds is 7. The number of thioether (sulfide) groups is 1. The van der Waals surface area contributed by atoms with E-state index in [9.17, 15) is 9.59 Å². The Balaban J connectivity index is 1.48. The molecule has 0 fully saturated rings. The molecule has 35 heavy (non-hydrogen) atoms. The second-order valence-electron chi connectivity index (χ2n) is 7.50. The van der Waals surface area contributed by atoms with Gasteiger partial charge in [0.25, 0.3) is 0 Å². The highest BCUT2D eigenvalue weighted by molar-refractivity contribution is 7.99. The monoisotopic (exact) mass is 525 g/mol. The van der Waals surface area contributed by atoms with Crippen molar-refractivity contribution in [1.82, 2.24) is 14.9 Å². The number of nitrogens with one attached hydrogen (secondary N) is 1. The number of imidazole rings is 1. The van der Waals surface area contributed by atoms with Crippen LogP contribution >= 0.6 is 35.0 Å². The Labute approximate surface area is 213 Å². The molecule has 0 radical (unpaired) electrons. The van der Waals surface area contributed by atoms with E-state index in [1.807, 2.05) is 12.1 Å². The summed E-state index contributed by atoms with van der Waals surface area (Å²) in [7, 11) is 0. The van der Waals surface area contributed by atoms with Gasteiger partial charge in [-0.2, -0.15) is 0 Å². The van der Waals surface area contributed by atoms with E-state index < -0.39 is 5.63 Å². The van der Waals surface area contributed by atoms with E-state index in [1.165, 1.54) is 11.8 Å². The predicted octanol–water partition coefficient (Wildman–Crippen LogP) is 5.95. The first kappa shape index (κ1) is 23.3. The van der Waals surface area contributed by atoms with Crippen molar-refractivity contribution in [3.63, 3.8) is 0 Å². The largest absolute Gasteiger partial charge is 0.467 e. The van der Waals surface area contributed by atoms with Gasteiger partial charge in [-0.25, -0.2) is 9.78 Å². The molecule has 0 unspecified atom stereocenters. The zero-order chi connectivity index (χ0) is 24.4. The fraction of sp³-hybridized carbons (Fsp3) is 0.0800. The summed E-state index contributed by atoms with van der Waals surface area (Å²) in [6.07, 6.45) is 3.24. The van der Waals surface area contributed by atoms with Crippen molar-refractivity contribution in [2.75, 3.05) is 5.75 Å². The van der Waals surface area contributed by atoms with Gasteiger partial charge in [0.1, 0.15) is 11.3 Å². The molecule has 0 bridgehead atoms. The number of carbonyl (C=O) groups excluding carboxylic acids is 1. The molecule has 1 amide bonds. The number of furan rings is 1. The first-order valence-corrected chi connectivity index (χ1v) is 12.2. The number of carbonyl (C=O) groups is 1. The van der Waals surface area contributed by atoms with E-state index >= 15 is 0 Å². The second-order valence-corrected chi connectivity index (χ2v) is 9.29. The van der Waals surface area contributed by atoms with E-state index in [0.717, 1.165) is 5.39 Å². The highest BCUT2D eigenvalue weighted by Crippen LogP contribution is 2.31. The number of halogens is 2. The van der Waals surface area contributed by atoms with Gasteiger partial charge < -0.3 is 14.2 Å². The van der Waals surface area contributed by atoms with Gasteiger partial charge in [-0.1, -0.05) is 53.2 Å². The van der Waals surface area contributed by atoms with Crippen molar-refractivity contribution in [2.45, 2.75) is 11.7 Å². The van der Waals surface area contributed by atoms with Crippen LogP contribution in [0.1, 0.15) is 5.76 Å². The summed E-state index contributed by atoms with van der Waals surface area (Å²) < 4.78 is 12.4. The summed E-state index contributed by atoms with van der Waals surface area (Å²) >= 11 is 13.7. The lowest BCUT2D eigenvalue weighted by atomic mass is 10.1. The Bertz CT molecular complexity index is 1580. The van der Waals surface area contributed by atoms with Crippen molar-refractivity contribution in [1.29, 1.82) is 0 Å². The van der Waals surface area contributed by atoms with Crippen LogP contribution in [-0.4, -0.2) is 21.2 Å². The van der Waals surface area contributed by atoms with Gasteiger partial charge in [-0.3, -0.25) is 9.36 Å². The summed E-state index contributed by atoms with van der Waals surface area (Å²) in [4.78, 5) is 29.8. The minimum atomic E-state index is -0.511. The molecule has 0 spiro atoms. The van der Waals surface area contributed by atoms with Crippen molar-refractivity contribution >= 4 is 51.8 Å². The molecular weight excluding hydrogens is 509 g/mol. The Morgan fingerprint density at radius 3 is 2.74 bits per heavy atom. The third-order valence-corrected chi connectivity index (χ3v) is 6.62. The second kappa shape index (κ2) is 10.0. The Morgan fingerprint density at radius 1 is 1.09 bits per heavy atom. The maximum Gasteiger partial charge on any atom is 0.345 e. The van der Waals surface area contributed by atoms with Crippen LogP contribution in [-0.2, 0) is 11.3 Å². The lowest BCUT2D eigenvalue weighted by Gasteiger charge is -2.09. The van der Waals surface area contributed by atoms with E-state index in [0.29, 0.717) is 43.5 Å². The van der Waals surface area contributed by atoms with Crippen LogP contribution in [0.25, 0.3) is 27.9 Å². The summed E-state index contributed by atoms with van der Waals surface area (Å²) in [5.74, 6) is 0.548. The molecule has 0 saturated carbocycles. The number of fused-ring (bicyclic) bond motifs is 1. The van der Waals surface area contributed by atoms with Gasteiger partial charge in [0.05, 0.1) is 40.5 Å². The molecule has 3 heterocycles. The molecule has 1 N–H and O–H groups in total. The Morgan fingerprint density at radius 2 is 1.94 bits per heavy atom. The average Bonchev–Trinajstić information content (AvgIpc) is 3.51. The molecule has 0 aliphatic carbocycles. The maximum atomic E-state index is 12.7. The van der Waals surface area contributed by atoms with E-state index in [4.69, 9.17) is 32.0 Å². The third kappa shape index (κ3) is 5.14. The molecule has 5 rings (SSSR count). The Hall–Kier alpha value is -3.46. The van der Waals surface area contributed by atoms with Crippen molar-refractivity contribution in [3.8, 4) is 16.9 Å². The van der Waals surface area contributed by atoms with Gasteiger partial charge >= 0.3 is 5.63 Å². The molecule has 3 aromatic heterocycles. The highest BCUT2D eigenvalue weighted by atomic mass is 35.5. The summed E-state index contributed by atoms with van der Waals surface area (Å²) in [6, 6.07) is 17.6. The highest BCUT2D eigenvalue weighted by Gasteiger charge is 2.18. The smallest absolute Gasteiger partial charge is 0.345 e. The van der Waals surface area contributed by atoms with E-state index in [-0.39, 0.29) is 18.2 Å². The molecule has 5 aromatic rings. The number of para-hydroxylation sites is 1. The topological polar surface area (TPSA) is 90.3 Å². The number of aromatic nitrogens is 2. The predicted molar refractivity (Wildman–Crippen MR) is 136 cm³/mol. The van der Waals surface area contributed by atoms with Crippen molar-refractivity contribution in [3.05, 3.63) is 99.3 Å². The van der Waals surface area contributed by atoms with Gasteiger partial charge in [0.2, 0.25) is 5.91 Å². The fourth-order valence-electron chi connectivity index (χ4n) is 3.46. The fourth-order valence-corrected chi connectivity index (χ4v) is 4.78. The first-order valence-electron chi connectivity index (χ1n) is 10.5. The first-order chi connectivity index (χ1) is 17.0. The molecular formula is C25H17Cl2N3O4S. The Kier molecular flexibility index (Phi) is 6.68. The molecule has 176 valence electrons. The minimum Gasteiger partial charge on any atom is -0.467 e. The average molecular weight is 526 g/mol. The van der Waals surface area contributed by atoms with Gasteiger partial charge in [-0.15, -0.1) is 0 Å². The van der Waals surface area contributed by atoms with Crippen LogP contribution in [0.2, 0.25) is 10.0 Å². The van der Waals surface area contributed by atoms with E-state index in [1.54, 1.807) is 65.6 Å². The zero-order valence-electron chi connectivity index (χ0n) is 18.0. The van der Waals surface area contributed by atoms with Crippen molar-refractivity contribution in [2.24, 2.45) is 0 Å². The molecule has 0 aliphatic heterocycles. The summed E-state index contributed by atoms with van der Waals surface area (Å²) in [5.41, 5.74) is 1.29. The standard InChI is InChI=1S/C25H17Cl2N3O4S/c26-16-7-8-21(19(27)11-16)30-13-20(18-10-15-4-1-2-6-22(15)34-24(18)32)29-25(30)35-14-23(31)28-12-17-5-3-9-33-17/h1-11,13H,12,14H2,(H,28,31). The minimum absolute atomic E-state index is 0.0920. The maximum absolute atomic E-state index is 12.7. The molecule has 2 aromatic carbocycles. The number of amides is 1. The normalized spacial score (nSPS) is 11.1. The number of hydrogen-bond donors (Lipinski definition) is 1. The molecule has 0 aliphatic rings. The zero-order valence-corrected chi connectivity index (χ0v) is 20.4. The van der Waals surface area contributed by atoms with Crippen LogP contribution in [0.15, 0.2) is 91.9 Å². The molecule has 0 atom stereocenters. The summed E-state index contributed by atoms with van der Waals surface area (Å²) in [5, 5.41) is 4.94. The quantitative estimate of drug-likeness (QED) is 0.208. The van der Waals surface area contributed by atoms with Gasteiger partial charge in [-0.05, 0) is 42.5 Å². The number of benzene rings is 2. The summed E-state index contributed by atoms with van der Waals surface area (Å²) in [6.45, 7) is 0.285. The third-order valence-electron chi connectivity index (χ3n) is 5.13. The lowest BCUT2D eigenvalue weighted by Crippen LogP contribution is -2.24. The van der Waals surface area contributed by atoms with Crippen LogP contribution in [0, 0.1) is 0 Å².